The summed E-state index contributed by atoms with van der Waals surface area (Å²) in [7, 11) is 1.94. The van der Waals surface area contributed by atoms with E-state index in [1.54, 1.807) is 0 Å². The molecule has 1 N–H and O–H groups in total. The highest BCUT2D eigenvalue weighted by Gasteiger charge is 2.19. The van der Waals surface area contributed by atoms with Crippen LogP contribution in [-0.4, -0.2) is 20.2 Å². The Bertz CT molecular complexity index is 375. The maximum Gasteiger partial charge on any atom is 0.122 e. The van der Waals surface area contributed by atoms with Crippen molar-refractivity contribution >= 4 is 11.6 Å². The zero-order chi connectivity index (χ0) is 12.8. The van der Waals surface area contributed by atoms with Crippen molar-refractivity contribution in [1.29, 1.82) is 0 Å². The van der Waals surface area contributed by atoms with Crippen molar-refractivity contribution < 1.29 is 4.74 Å². The van der Waals surface area contributed by atoms with Gasteiger partial charge >= 0.3 is 0 Å². The Morgan fingerprint density at radius 1 is 1.28 bits per heavy atom. The van der Waals surface area contributed by atoms with Crippen molar-refractivity contribution in [2.75, 3.05) is 20.2 Å². The molecule has 0 heterocycles. The van der Waals surface area contributed by atoms with E-state index in [2.05, 4.69) is 11.4 Å². The summed E-state index contributed by atoms with van der Waals surface area (Å²) in [6.45, 7) is 1.57. The van der Waals surface area contributed by atoms with Gasteiger partial charge in [0.1, 0.15) is 12.4 Å². The van der Waals surface area contributed by atoms with Gasteiger partial charge in [-0.15, -0.1) is 0 Å². The number of benzene rings is 1. The Kier molecular flexibility index (Phi) is 5.33. The molecular formula is C15H22ClNO. The minimum absolute atomic E-state index is 0.627. The van der Waals surface area contributed by atoms with E-state index in [9.17, 15) is 0 Å². The van der Waals surface area contributed by atoms with E-state index in [-0.39, 0.29) is 0 Å². The van der Waals surface area contributed by atoms with Gasteiger partial charge in [0.25, 0.3) is 0 Å². The molecule has 2 rings (SSSR count). The molecule has 0 spiro atoms. The van der Waals surface area contributed by atoms with E-state index in [1.807, 2.05) is 19.2 Å². The molecular weight excluding hydrogens is 246 g/mol. The Labute approximate surface area is 115 Å². The molecule has 0 saturated heterocycles. The van der Waals surface area contributed by atoms with Crippen LogP contribution in [0.3, 0.4) is 0 Å². The summed E-state index contributed by atoms with van der Waals surface area (Å²) < 4.78 is 5.86. The molecule has 1 aromatic rings. The highest BCUT2D eigenvalue weighted by Crippen LogP contribution is 2.38. The van der Waals surface area contributed by atoms with Crippen molar-refractivity contribution in [3.63, 3.8) is 0 Å². The highest BCUT2D eigenvalue weighted by molar-refractivity contribution is 6.30. The molecule has 0 aliphatic heterocycles. The third-order valence-electron chi connectivity index (χ3n) is 3.63. The van der Waals surface area contributed by atoms with Crippen molar-refractivity contribution in [2.45, 2.75) is 38.0 Å². The fraction of sp³-hybridized carbons (Fsp3) is 0.600. The van der Waals surface area contributed by atoms with Crippen LogP contribution in [0.1, 0.15) is 43.6 Å². The normalized spacial score (nSPS) is 16.8. The predicted octanol–water partition coefficient (Wildman–Crippen LogP) is 3.99. The molecule has 3 heteroatoms. The lowest BCUT2D eigenvalue weighted by Gasteiger charge is -2.24. The fourth-order valence-electron chi connectivity index (χ4n) is 2.65. The largest absolute Gasteiger partial charge is 0.492 e. The van der Waals surface area contributed by atoms with Gasteiger partial charge in [-0.25, -0.2) is 0 Å². The Morgan fingerprint density at radius 3 is 2.78 bits per heavy atom. The third-order valence-corrected chi connectivity index (χ3v) is 3.86. The molecule has 0 aromatic heterocycles. The first-order chi connectivity index (χ1) is 8.81. The number of nitrogens with one attached hydrogen (secondary N) is 1. The van der Waals surface area contributed by atoms with Gasteiger partial charge in [0.2, 0.25) is 0 Å². The van der Waals surface area contributed by atoms with Crippen LogP contribution >= 0.6 is 11.6 Å². The SMILES string of the molecule is CNCCOc1ccc(Cl)cc1C1CCCCC1. The van der Waals surface area contributed by atoms with Gasteiger partial charge in [-0.3, -0.25) is 0 Å². The zero-order valence-corrected chi connectivity index (χ0v) is 11.8. The summed E-state index contributed by atoms with van der Waals surface area (Å²) in [5, 5.41) is 3.91. The van der Waals surface area contributed by atoms with Crippen LogP contribution in [0, 0.1) is 0 Å². The van der Waals surface area contributed by atoms with E-state index in [0.29, 0.717) is 12.5 Å². The van der Waals surface area contributed by atoms with Gasteiger partial charge in [0.05, 0.1) is 0 Å². The van der Waals surface area contributed by atoms with Crippen molar-refractivity contribution in [1.82, 2.24) is 5.32 Å². The number of halogens is 1. The molecule has 0 bridgehead atoms. The molecule has 100 valence electrons. The Hall–Kier alpha value is -0.730. The predicted molar refractivity (Wildman–Crippen MR) is 76.7 cm³/mol. The summed E-state index contributed by atoms with van der Waals surface area (Å²) in [5.74, 6) is 1.64. The number of hydrogen-bond donors (Lipinski definition) is 1. The molecule has 1 saturated carbocycles. The minimum Gasteiger partial charge on any atom is -0.492 e. The average Bonchev–Trinajstić information content (AvgIpc) is 2.41. The molecule has 0 amide bonds. The minimum atomic E-state index is 0.627. The van der Waals surface area contributed by atoms with Crippen molar-refractivity contribution in [3.8, 4) is 5.75 Å². The summed E-state index contributed by atoms with van der Waals surface area (Å²) >= 11 is 6.13. The zero-order valence-electron chi connectivity index (χ0n) is 11.0. The maximum atomic E-state index is 6.13. The molecule has 0 radical (unpaired) electrons. The first-order valence-corrected chi connectivity index (χ1v) is 7.26. The maximum absolute atomic E-state index is 6.13. The smallest absolute Gasteiger partial charge is 0.122 e. The van der Waals surface area contributed by atoms with E-state index >= 15 is 0 Å². The second kappa shape index (κ2) is 7.01. The van der Waals surface area contributed by atoms with E-state index in [0.717, 1.165) is 17.3 Å². The van der Waals surface area contributed by atoms with Crippen LogP contribution in [0.4, 0.5) is 0 Å². The first-order valence-electron chi connectivity index (χ1n) is 6.88. The second-order valence-electron chi connectivity index (χ2n) is 4.97. The Morgan fingerprint density at radius 2 is 2.06 bits per heavy atom. The molecule has 2 nitrogen and oxygen atoms in total. The molecule has 1 aromatic carbocycles. The van der Waals surface area contributed by atoms with E-state index in [4.69, 9.17) is 16.3 Å². The van der Waals surface area contributed by atoms with Crippen LogP contribution in [0.2, 0.25) is 5.02 Å². The molecule has 18 heavy (non-hydrogen) atoms. The van der Waals surface area contributed by atoms with E-state index in [1.165, 1.54) is 37.7 Å². The summed E-state index contributed by atoms with van der Waals surface area (Å²) in [5.41, 5.74) is 1.30. The third kappa shape index (κ3) is 3.63. The highest BCUT2D eigenvalue weighted by atomic mass is 35.5. The number of likely N-dealkylation sites (N-methyl/N-ethyl adjacent to an activating group) is 1. The molecule has 1 aliphatic rings. The lowest BCUT2D eigenvalue weighted by molar-refractivity contribution is 0.309. The second-order valence-corrected chi connectivity index (χ2v) is 5.41. The fourth-order valence-corrected chi connectivity index (χ4v) is 2.83. The Balaban J connectivity index is 2.11. The molecule has 1 fully saturated rings. The van der Waals surface area contributed by atoms with Gasteiger partial charge < -0.3 is 10.1 Å². The first kappa shape index (κ1) is 13.7. The van der Waals surface area contributed by atoms with Crippen LogP contribution < -0.4 is 10.1 Å². The molecule has 1 aliphatic carbocycles. The van der Waals surface area contributed by atoms with Gasteiger partial charge in [-0.1, -0.05) is 30.9 Å². The van der Waals surface area contributed by atoms with Gasteiger partial charge in [-0.2, -0.15) is 0 Å². The number of rotatable bonds is 5. The molecule has 0 atom stereocenters. The number of ether oxygens (including phenoxy) is 1. The average molecular weight is 268 g/mol. The van der Waals surface area contributed by atoms with Crippen LogP contribution in [0.5, 0.6) is 5.75 Å². The van der Waals surface area contributed by atoms with Gasteiger partial charge in [0.15, 0.2) is 0 Å². The number of hydrogen-bond acceptors (Lipinski definition) is 2. The van der Waals surface area contributed by atoms with E-state index < -0.39 is 0 Å². The van der Waals surface area contributed by atoms with Crippen LogP contribution in [0.25, 0.3) is 0 Å². The lowest BCUT2D eigenvalue weighted by atomic mass is 9.84. The quantitative estimate of drug-likeness (QED) is 0.815. The summed E-state index contributed by atoms with van der Waals surface area (Å²) in [6.07, 6.45) is 6.55. The van der Waals surface area contributed by atoms with Gasteiger partial charge in [0, 0.05) is 11.6 Å². The lowest BCUT2D eigenvalue weighted by Crippen LogP contribution is -2.17. The topological polar surface area (TPSA) is 21.3 Å². The monoisotopic (exact) mass is 267 g/mol. The summed E-state index contributed by atoms with van der Waals surface area (Å²) in [4.78, 5) is 0. The molecule has 0 unspecified atom stereocenters. The van der Waals surface area contributed by atoms with Gasteiger partial charge in [-0.05, 0) is 49.6 Å². The van der Waals surface area contributed by atoms with Crippen molar-refractivity contribution in [3.05, 3.63) is 28.8 Å². The van der Waals surface area contributed by atoms with Crippen LogP contribution in [0.15, 0.2) is 18.2 Å². The summed E-state index contributed by atoms with van der Waals surface area (Å²) in [6, 6.07) is 6.02. The standard InChI is InChI=1S/C15H22ClNO/c1-17-9-10-18-15-8-7-13(16)11-14(15)12-5-3-2-4-6-12/h7-8,11-12,17H,2-6,9-10H2,1H3. The van der Waals surface area contributed by atoms with Crippen LogP contribution in [-0.2, 0) is 0 Å². The van der Waals surface area contributed by atoms with Crippen molar-refractivity contribution in [2.24, 2.45) is 0 Å².